The van der Waals surface area contributed by atoms with Gasteiger partial charge in [0.05, 0.1) is 12.2 Å². The number of thiazole rings is 1. The second-order valence-electron chi connectivity index (χ2n) is 5.10. The van der Waals surface area contributed by atoms with Gasteiger partial charge in [0.1, 0.15) is 5.82 Å². The van der Waals surface area contributed by atoms with Crippen LogP contribution in [0.4, 0.5) is 18.0 Å². The Labute approximate surface area is 136 Å². The smallest absolute Gasteiger partial charge is 0.450 e. The van der Waals surface area contributed by atoms with Crippen molar-refractivity contribution in [3.63, 3.8) is 0 Å². The summed E-state index contributed by atoms with van der Waals surface area (Å²) in [5.41, 5.74) is -0.585. The second-order valence-corrected chi connectivity index (χ2v) is 5.96. The van der Waals surface area contributed by atoms with Crippen molar-refractivity contribution in [3.05, 3.63) is 32.4 Å². The maximum Gasteiger partial charge on any atom is 0.507 e. The fraction of sp³-hybridized carbons (Fsp3) is 0.500. The molecule has 0 saturated heterocycles. The van der Waals surface area contributed by atoms with Gasteiger partial charge in [0, 0.05) is 18.2 Å². The van der Waals surface area contributed by atoms with Gasteiger partial charge >= 0.3 is 18.0 Å². The number of hydrogen-bond donors (Lipinski definition) is 1. The van der Waals surface area contributed by atoms with E-state index in [9.17, 15) is 22.8 Å². The molecule has 0 aromatic carbocycles. The molecule has 0 aliphatic carbocycles. The van der Waals surface area contributed by atoms with Crippen LogP contribution < -0.4 is 5.69 Å². The van der Waals surface area contributed by atoms with Gasteiger partial charge in [-0.2, -0.15) is 18.3 Å². The number of aryl methyl sites for hydroxylation is 1. The maximum absolute atomic E-state index is 12.6. The molecule has 1 aliphatic rings. The van der Waals surface area contributed by atoms with Gasteiger partial charge in [-0.05, 0) is 6.42 Å². The number of fused-ring (bicyclic) bond motifs is 1. The van der Waals surface area contributed by atoms with Gasteiger partial charge in [0.2, 0.25) is 0 Å². The normalized spacial score (nSPS) is 17.5. The average Bonchev–Trinajstić information content (AvgIpc) is 3.05. The third-order valence-electron chi connectivity index (χ3n) is 3.42. The van der Waals surface area contributed by atoms with Crippen molar-refractivity contribution in [3.8, 4) is 0 Å². The summed E-state index contributed by atoms with van der Waals surface area (Å²) in [6.07, 6.45) is -5.66. The van der Waals surface area contributed by atoms with Crippen LogP contribution in [-0.2, 0) is 23.9 Å². The maximum atomic E-state index is 12.6. The van der Waals surface area contributed by atoms with E-state index in [0.717, 1.165) is 9.25 Å². The van der Waals surface area contributed by atoms with E-state index < -0.39 is 29.3 Å². The number of carbonyl (C=O) groups is 1. The molecule has 0 unspecified atom stereocenters. The first-order valence-corrected chi connectivity index (χ1v) is 7.73. The highest BCUT2D eigenvalue weighted by Gasteiger charge is 2.35. The summed E-state index contributed by atoms with van der Waals surface area (Å²) in [7, 11) is 0. The Kier molecular flexibility index (Phi) is 4.07. The Bertz CT molecular complexity index is 825. The molecule has 2 aromatic heterocycles. The number of carboxylic acid groups (broad SMARTS) is 1. The number of nitrogens with zero attached hydrogens (tertiary/aromatic N) is 4. The summed E-state index contributed by atoms with van der Waals surface area (Å²) in [6.45, 7) is -0.231. The van der Waals surface area contributed by atoms with Gasteiger partial charge in [-0.15, -0.1) is 11.3 Å². The average molecular weight is 364 g/mol. The molecule has 24 heavy (non-hydrogen) atoms. The van der Waals surface area contributed by atoms with E-state index in [-0.39, 0.29) is 12.2 Å². The van der Waals surface area contributed by atoms with Crippen LogP contribution in [0.5, 0.6) is 0 Å². The van der Waals surface area contributed by atoms with Gasteiger partial charge in [0.15, 0.2) is 11.2 Å². The van der Waals surface area contributed by atoms with Crippen molar-refractivity contribution in [2.24, 2.45) is 0 Å². The molecule has 12 heteroatoms. The van der Waals surface area contributed by atoms with Crippen molar-refractivity contribution in [2.75, 3.05) is 0 Å². The Morgan fingerprint density at radius 1 is 1.50 bits per heavy atom. The summed E-state index contributed by atoms with van der Waals surface area (Å²) < 4.78 is 44.5. The molecule has 1 aliphatic heterocycles. The highest BCUT2D eigenvalue weighted by atomic mass is 32.1. The third-order valence-corrected chi connectivity index (χ3v) is 4.36. The van der Waals surface area contributed by atoms with Crippen molar-refractivity contribution >= 4 is 17.5 Å². The predicted molar refractivity (Wildman–Crippen MR) is 73.8 cm³/mol. The molecule has 1 N–H and O–H groups in total. The lowest BCUT2D eigenvalue weighted by Crippen LogP contribution is -2.33. The molecule has 3 rings (SSSR count). The van der Waals surface area contributed by atoms with Crippen LogP contribution in [0.3, 0.4) is 0 Å². The fourth-order valence-electron chi connectivity index (χ4n) is 2.48. The van der Waals surface area contributed by atoms with E-state index in [1.54, 1.807) is 0 Å². The molecule has 1 atom stereocenters. The molecule has 8 nitrogen and oxygen atoms in total. The Morgan fingerprint density at radius 2 is 2.25 bits per heavy atom. The second kappa shape index (κ2) is 5.92. The van der Waals surface area contributed by atoms with Crippen LogP contribution in [0.15, 0.2) is 10.2 Å². The standard InChI is InChI=1S/C12H11F3N4O4S/c13-12(14,15)9-16-6(5-24-9)4-18-10(20)19-7(17-18)2-1-3-8(19)23-11(21)22/h5,8H,1-4H2,(H,21,22)/t8-/m0/s1. The predicted octanol–water partition coefficient (Wildman–Crippen LogP) is 2.10. The topological polar surface area (TPSA) is 99.2 Å². The number of rotatable bonds is 3. The fourth-order valence-corrected chi connectivity index (χ4v) is 3.16. The highest BCUT2D eigenvalue weighted by molar-refractivity contribution is 7.09. The first kappa shape index (κ1) is 16.5. The number of aromatic nitrogens is 4. The summed E-state index contributed by atoms with van der Waals surface area (Å²) in [5.74, 6) is 0.337. The van der Waals surface area contributed by atoms with Crippen LogP contribution >= 0.6 is 11.3 Å². The first-order valence-electron chi connectivity index (χ1n) is 6.85. The van der Waals surface area contributed by atoms with Crippen LogP contribution in [0.1, 0.15) is 35.6 Å². The Morgan fingerprint density at radius 3 is 2.88 bits per heavy atom. The molecule has 2 aromatic rings. The Balaban J connectivity index is 1.88. The van der Waals surface area contributed by atoms with E-state index in [4.69, 9.17) is 5.11 Å². The lowest BCUT2D eigenvalue weighted by molar-refractivity contribution is -0.137. The minimum Gasteiger partial charge on any atom is -0.450 e. The summed E-state index contributed by atoms with van der Waals surface area (Å²) in [5, 5.41) is 13.0. The zero-order valence-corrected chi connectivity index (χ0v) is 12.8. The van der Waals surface area contributed by atoms with Gasteiger partial charge < -0.3 is 9.84 Å². The van der Waals surface area contributed by atoms with Crippen molar-refractivity contribution < 1.29 is 27.8 Å². The summed E-state index contributed by atoms with van der Waals surface area (Å²) in [4.78, 5) is 26.5. The van der Waals surface area contributed by atoms with Crippen LogP contribution in [0.2, 0.25) is 0 Å². The van der Waals surface area contributed by atoms with E-state index in [0.29, 0.717) is 36.4 Å². The highest BCUT2D eigenvalue weighted by Crippen LogP contribution is 2.31. The van der Waals surface area contributed by atoms with Gasteiger partial charge in [0.25, 0.3) is 0 Å². The zero-order chi connectivity index (χ0) is 17.5. The van der Waals surface area contributed by atoms with Crippen molar-refractivity contribution in [1.82, 2.24) is 19.3 Å². The molecular formula is C12H11F3N4O4S. The quantitative estimate of drug-likeness (QED) is 0.838. The van der Waals surface area contributed by atoms with Crippen LogP contribution in [0, 0.1) is 0 Å². The SMILES string of the molecule is O=C(O)O[C@H]1CCCc2nn(Cc3csc(C(F)(F)F)n3)c(=O)n21. The van der Waals surface area contributed by atoms with E-state index in [1.165, 1.54) is 5.38 Å². The molecule has 0 saturated carbocycles. The summed E-state index contributed by atoms with van der Waals surface area (Å²) in [6, 6.07) is 0. The number of hydrogen-bond acceptors (Lipinski definition) is 6. The largest absolute Gasteiger partial charge is 0.507 e. The molecule has 0 radical (unpaired) electrons. The third kappa shape index (κ3) is 3.13. The van der Waals surface area contributed by atoms with Gasteiger partial charge in [-0.3, -0.25) is 0 Å². The molecular weight excluding hydrogens is 353 g/mol. The molecule has 0 fully saturated rings. The molecule has 3 heterocycles. The Hall–Kier alpha value is -2.37. The lowest BCUT2D eigenvalue weighted by atomic mass is 10.1. The molecule has 0 spiro atoms. The summed E-state index contributed by atoms with van der Waals surface area (Å²) >= 11 is 0.437. The monoisotopic (exact) mass is 364 g/mol. The van der Waals surface area contributed by atoms with Crippen molar-refractivity contribution in [1.29, 1.82) is 0 Å². The molecule has 130 valence electrons. The van der Waals surface area contributed by atoms with Crippen molar-refractivity contribution in [2.45, 2.75) is 38.2 Å². The molecule has 0 amide bonds. The first-order chi connectivity index (χ1) is 11.3. The van der Waals surface area contributed by atoms with Crippen LogP contribution in [0.25, 0.3) is 0 Å². The van der Waals surface area contributed by atoms with Gasteiger partial charge in [-0.1, -0.05) is 0 Å². The number of halogens is 3. The minimum absolute atomic E-state index is 0.0561. The van der Waals surface area contributed by atoms with E-state index in [1.807, 2.05) is 0 Å². The minimum atomic E-state index is -4.54. The zero-order valence-electron chi connectivity index (χ0n) is 12.0. The lowest BCUT2D eigenvalue weighted by Gasteiger charge is -2.21. The van der Waals surface area contributed by atoms with Crippen LogP contribution in [-0.4, -0.2) is 30.6 Å². The van der Waals surface area contributed by atoms with E-state index >= 15 is 0 Å². The molecule has 0 bridgehead atoms. The van der Waals surface area contributed by atoms with E-state index in [2.05, 4.69) is 14.8 Å². The number of ether oxygens (including phenoxy) is 1. The van der Waals surface area contributed by atoms with Gasteiger partial charge in [-0.25, -0.2) is 23.8 Å². The number of alkyl halides is 3.